The predicted molar refractivity (Wildman–Crippen MR) is 52.5 cm³/mol. The van der Waals surface area contributed by atoms with Gasteiger partial charge in [0.25, 0.3) is 0 Å². The van der Waals surface area contributed by atoms with Crippen LogP contribution >= 0.6 is 11.3 Å². The van der Waals surface area contributed by atoms with Crippen LogP contribution in [0.25, 0.3) is 0 Å². The minimum Gasteiger partial charge on any atom is -0.383 e. The van der Waals surface area contributed by atoms with E-state index >= 15 is 0 Å². The summed E-state index contributed by atoms with van der Waals surface area (Å²) in [5.41, 5.74) is 7.16. The first-order valence-corrected chi connectivity index (χ1v) is 5.03. The molecule has 0 bridgehead atoms. The van der Waals surface area contributed by atoms with Crippen LogP contribution in [-0.4, -0.2) is 19.8 Å². The van der Waals surface area contributed by atoms with Crippen LogP contribution in [0.3, 0.4) is 0 Å². The molecule has 1 atom stereocenters. The van der Waals surface area contributed by atoms with E-state index in [1.54, 1.807) is 18.4 Å². The minimum absolute atomic E-state index is 0.176. The van der Waals surface area contributed by atoms with Crippen molar-refractivity contribution >= 4 is 11.3 Å². The van der Waals surface area contributed by atoms with Gasteiger partial charge in [0, 0.05) is 13.2 Å². The fourth-order valence-corrected chi connectivity index (χ4v) is 1.79. The van der Waals surface area contributed by atoms with Crippen molar-refractivity contribution in [1.29, 1.82) is 0 Å². The lowest BCUT2D eigenvalue weighted by Gasteiger charge is -2.08. The maximum absolute atomic E-state index is 5.78. The van der Waals surface area contributed by atoms with E-state index in [2.05, 4.69) is 16.8 Å². The Balaban J connectivity index is 2.17. The highest BCUT2D eigenvalue weighted by atomic mass is 32.1. The first-order chi connectivity index (χ1) is 5.83. The molecule has 1 rings (SSSR count). The second kappa shape index (κ2) is 5.30. The topological polar surface area (TPSA) is 35.2 Å². The average Bonchev–Trinajstić information content (AvgIpc) is 2.53. The number of thiophene rings is 1. The maximum atomic E-state index is 5.78. The molecule has 0 spiro atoms. The van der Waals surface area contributed by atoms with E-state index < -0.39 is 0 Å². The summed E-state index contributed by atoms with van der Waals surface area (Å²) in [7, 11) is 1.68. The summed E-state index contributed by atoms with van der Waals surface area (Å²) in [6, 6.07) is 2.32. The van der Waals surface area contributed by atoms with Crippen molar-refractivity contribution in [2.75, 3.05) is 13.7 Å². The van der Waals surface area contributed by atoms with E-state index in [-0.39, 0.29) is 6.04 Å². The van der Waals surface area contributed by atoms with Crippen LogP contribution in [0.15, 0.2) is 16.8 Å². The van der Waals surface area contributed by atoms with Crippen molar-refractivity contribution in [2.24, 2.45) is 5.73 Å². The maximum Gasteiger partial charge on any atom is 0.0613 e. The molecule has 1 aromatic heterocycles. The first kappa shape index (κ1) is 9.71. The zero-order valence-electron chi connectivity index (χ0n) is 7.32. The highest BCUT2D eigenvalue weighted by Crippen LogP contribution is 2.09. The molecule has 0 fully saturated rings. The van der Waals surface area contributed by atoms with Gasteiger partial charge in [-0.05, 0) is 35.2 Å². The van der Waals surface area contributed by atoms with E-state index in [0.717, 1.165) is 12.8 Å². The van der Waals surface area contributed by atoms with Crippen molar-refractivity contribution in [3.63, 3.8) is 0 Å². The summed E-state index contributed by atoms with van der Waals surface area (Å²) in [4.78, 5) is 0. The van der Waals surface area contributed by atoms with Crippen LogP contribution in [0.4, 0.5) is 0 Å². The third-order valence-corrected chi connectivity index (χ3v) is 2.50. The van der Waals surface area contributed by atoms with Crippen molar-refractivity contribution in [2.45, 2.75) is 18.9 Å². The van der Waals surface area contributed by atoms with Gasteiger partial charge in [-0.3, -0.25) is 0 Å². The van der Waals surface area contributed by atoms with E-state index in [0.29, 0.717) is 6.61 Å². The molecule has 0 radical (unpaired) electrons. The van der Waals surface area contributed by atoms with Crippen LogP contribution in [0.1, 0.15) is 12.0 Å². The van der Waals surface area contributed by atoms with Gasteiger partial charge in [-0.2, -0.15) is 11.3 Å². The molecule has 12 heavy (non-hydrogen) atoms. The molecule has 3 heteroatoms. The number of nitrogens with two attached hydrogens (primary N) is 1. The summed E-state index contributed by atoms with van der Waals surface area (Å²) in [5, 5.41) is 4.26. The fourth-order valence-electron chi connectivity index (χ4n) is 1.08. The van der Waals surface area contributed by atoms with Crippen LogP contribution < -0.4 is 5.73 Å². The molecule has 1 aromatic rings. The average molecular weight is 185 g/mol. The van der Waals surface area contributed by atoms with Gasteiger partial charge in [0.2, 0.25) is 0 Å². The standard InChI is InChI=1S/C9H15NOS/c1-11-6-9(10)3-2-8-4-5-12-7-8/h4-5,7,9H,2-3,6,10H2,1H3. The molecular formula is C9H15NOS. The van der Waals surface area contributed by atoms with Crippen LogP contribution in [0.2, 0.25) is 0 Å². The molecule has 0 saturated carbocycles. The third kappa shape index (κ3) is 3.34. The number of hydrogen-bond acceptors (Lipinski definition) is 3. The molecule has 68 valence electrons. The molecule has 1 unspecified atom stereocenters. The SMILES string of the molecule is COCC(N)CCc1ccsc1. The van der Waals surface area contributed by atoms with Crippen LogP contribution in [0.5, 0.6) is 0 Å². The number of aryl methyl sites for hydroxylation is 1. The zero-order valence-corrected chi connectivity index (χ0v) is 8.14. The Bertz CT molecular complexity index is 198. The normalized spacial score (nSPS) is 13.2. The molecule has 1 heterocycles. The van der Waals surface area contributed by atoms with E-state index in [1.165, 1.54) is 5.56 Å². The van der Waals surface area contributed by atoms with Gasteiger partial charge in [-0.15, -0.1) is 0 Å². The Kier molecular flexibility index (Phi) is 4.29. The summed E-state index contributed by atoms with van der Waals surface area (Å²) in [5.74, 6) is 0. The largest absolute Gasteiger partial charge is 0.383 e. The number of methoxy groups -OCH3 is 1. The van der Waals surface area contributed by atoms with Crippen LogP contribution in [0, 0.1) is 0 Å². The monoisotopic (exact) mass is 185 g/mol. The Labute approximate surface area is 77.3 Å². The van der Waals surface area contributed by atoms with Crippen molar-refractivity contribution in [3.8, 4) is 0 Å². The highest BCUT2D eigenvalue weighted by molar-refractivity contribution is 7.07. The predicted octanol–water partition coefficient (Wildman–Crippen LogP) is 1.65. The van der Waals surface area contributed by atoms with Crippen molar-refractivity contribution in [1.82, 2.24) is 0 Å². The molecule has 2 N–H and O–H groups in total. The summed E-state index contributed by atoms with van der Waals surface area (Å²) >= 11 is 1.73. The summed E-state index contributed by atoms with van der Waals surface area (Å²) in [6.45, 7) is 0.657. The number of rotatable bonds is 5. The van der Waals surface area contributed by atoms with Gasteiger partial charge in [0.05, 0.1) is 6.61 Å². The number of ether oxygens (including phenoxy) is 1. The van der Waals surface area contributed by atoms with Gasteiger partial charge in [-0.1, -0.05) is 0 Å². The summed E-state index contributed by atoms with van der Waals surface area (Å²) < 4.78 is 4.95. The fraction of sp³-hybridized carbons (Fsp3) is 0.556. The third-order valence-electron chi connectivity index (χ3n) is 1.76. The molecule has 0 aromatic carbocycles. The van der Waals surface area contributed by atoms with Gasteiger partial charge in [0.1, 0.15) is 0 Å². The smallest absolute Gasteiger partial charge is 0.0613 e. The zero-order chi connectivity index (χ0) is 8.81. The Hall–Kier alpha value is -0.380. The molecule has 0 amide bonds. The molecule has 0 aliphatic carbocycles. The number of hydrogen-bond donors (Lipinski definition) is 1. The lowest BCUT2D eigenvalue weighted by atomic mass is 10.1. The van der Waals surface area contributed by atoms with Crippen molar-refractivity contribution < 1.29 is 4.74 Å². The lowest BCUT2D eigenvalue weighted by Crippen LogP contribution is -2.25. The van der Waals surface area contributed by atoms with Gasteiger partial charge >= 0.3 is 0 Å². The quantitative estimate of drug-likeness (QED) is 0.757. The molecule has 0 saturated heterocycles. The van der Waals surface area contributed by atoms with E-state index in [9.17, 15) is 0 Å². The van der Waals surface area contributed by atoms with Gasteiger partial charge in [-0.25, -0.2) is 0 Å². The van der Waals surface area contributed by atoms with E-state index in [4.69, 9.17) is 10.5 Å². The van der Waals surface area contributed by atoms with Crippen molar-refractivity contribution in [3.05, 3.63) is 22.4 Å². The lowest BCUT2D eigenvalue weighted by molar-refractivity contribution is 0.177. The summed E-state index contributed by atoms with van der Waals surface area (Å²) in [6.07, 6.45) is 2.07. The first-order valence-electron chi connectivity index (χ1n) is 4.08. The Morgan fingerprint density at radius 3 is 3.08 bits per heavy atom. The Morgan fingerprint density at radius 2 is 2.50 bits per heavy atom. The molecule has 2 nitrogen and oxygen atoms in total. The second-order valence-electron chi connectivity index (χ2n) is 2.89. The molecular weight excluding hydrogens is 170 g/mol. The van der Waals surface area contributed by atoms with Gasteiger partial charge < -0.3 is 10.5 Å². The Morgan fingerprint density at radius 1 is 1.67 bits per heavy atom. The second-order valence-corrected chi connectivity index (χ2v) is 3.67. The minimum atomic E-state index is 0.176. The van der Waals surface area contributed by atoms with Gasteiger partial charge in [0.15, 0.2) is 0 Å². The van der Waals surface area contributed by atoms with Crippen LogP contribution in [-0.2, 0) is 11.2 Å². The van der Waals surface area contributed by atoms with E-state index in [1.807, 2.05) is 0 Å². The molecule has 0 aliphatic rings. The molecule has 0 aliphatic heterocycles. The highest BCUT2D eigenvalue weighted by Gasteiger charge is 2.01.